The van der Waals surface area contributed by atoms with Crippen molar-refractivity contribution in [2.45, 2.75) is 59.2 Å². The number of ether oxygens (including phenoxy) is 1. The van der Waals surface area contributed by atoms with Crippen molar-refractivity contribution >= 4 is 5.97 Å². The highest BCUT2D eigenvalue weighted by Crippen LogP contribution is 2.16. The highest BCUT2D eigenvalue weighted by Gasteiger charge is 2.29. The van der Waals surface area contributed by atoms with Gasteiger partial charge in [0.25, 0.3) is 0 Å². The fourth-order valence-corrected chi connectivity index (χ4v) is 2.70. The van der Waals surface area contributed by atoms with Crippen molar-refractivity contribution in [3.05, 3.63) is 0 Å². The molecule has 0 saturated carbocycles. The minimum atomic E-state index is -0.230. The second-order valence-corrected chi connectivity index (χ2v) is 7.08. The molecule has 0 spiro atoms. The molecule has 21 heavy (non-hydrogen) atoms. The second-order valence-electron chi connectivity index (χ2n) is 7.08. The zero-order valence-electron chi connectivity index (χ0n) is 14.6. The van der Waals surface area contributed by atoms with Crippen LogP contribution >= 0.6 is 0 Å². The molecule has 0 aromatic rings. The molecule has 1 aliphatic heterocycles. The first-order chi connectivity index (χ1) is 9.74. The third kappa shape index (κ3) is 6.32. The van der Waals surface area contributed by atoms with Crippen molar-refractivity contribution in [3.8, 4) is 0 Å². The van der Waals surface area contributed by atoms with Crippen LogP contribution < -0.4 is 5.32 Å². The smallest absolute Gasteiger partial charge is 0.324 e. The fourth-order valence-electron chi connectivity index (χ4n) is 2.70. The summed E-state index contributed by atoms with van der Waals surface area (Å²) in [7, 11) is 0. The molecule has 1 unspecified atom stereocenters. The maximum Gasteiger partial charge on any atom is 0.324 e. The van der Waals surface area contributed by atoms with E-state index in [4.69, 9.17) is 4.74 Å². The standard InChI is InChI=1S/C16H33N3O2/c1-7-21-15(20)14(17-13(2)3)12-18-8-10-19(11-9-18)16(4,5)6/h13-14,17H,7-12H2,1-6H3. The Hall–Kier alpha value is -0.650. The number of esters is 1. The Morgan fingerprint density at radius 3 is 2.19 bits per heavy atom. The summed E-state index contributed by atoms with van der Waals surface area (Å²) >= 11 is 0. The maximum absolute atomic E-state index is 12.1. The Morgan fingerprint density at radius 1 is 1.19 bits per heavy atom. The third-order valence-electron chi connectivity index (χ3n) is 3.87. The van der Waals surface area contributed by atoms with Gasteiger partial charge in [-0.2, -0.15) is 0 Å². The van der Waals surface area contributed by atoms with Gasteiger partial charge in [0.2, 0.25) is 0 Å². The van der Waals surface area contributed by atoms with Crippen molar-refractivity contribution in [1.82, 2.24) is 15.1 Å². The van der Waals surface area contributed by atoms with E-state index in [2.05, 4.69) is 49.7 Å². The molecule has 0 amide bonds. The second kappa shape index (κ2) is 8.11. The van der Waals surface area contributed by atoms with Gasteiger partial charge in [-0.3, -0.25) is 14.6 Å². The zero-order valence-corrected chi connectivity index (χ0v) is 14.6. The van der Waals surface area contributed by atoms with E-state index < -0.39 is 0 Å². The molecule has 124 valence electrons. The zero-order chi connectivity index (χ0) is 16.0. The van der Waals surface area contributed by atoms with Crippen molar-refractivity contribution in [2.24, 2.45) is 0 Å². The van der Waals surface area contributed by atoms with Crippen LogP contribution in [0.1, 0.15) is 41.5 Å². The van der Waals surface area contributed by atoms with Crippen LogP contribution in [0.2, 0.25) is 0 Å². The molecule has 0 bridgehead atoms. The average Bonchev–Trinajstić information content (AvgIpc) is 2.37. The number of hydrogen-bond donors (Lipinski definition) is 1. The quantitative estimate of drug-likeness (QED) is 0.750. The summed E-state index contributed by atoms with van der Waals surface area (Å²) in [6.45, 7) is 18.0. The van der Waals surface area contributed by atoms with Gasteiger partial charge in [-0.1, -0.05) is 13.8 Å². The van der Waals surface area contributed by atoms with E-state index in [1.165, 1.54) is 0 Å². The van der Waals surface area contributed by atoms with Gasteiger partial charge in [0.15, 0.2) is 0 Å². The van der Waals surface area contributed by atoms with E-state index in [0.717, 1.165) is 32.7 Å². The highest BCUT2D eigenvalue weighted by atomic mass is 16.5. The lowest BCUT2D eigenvalue weighted by Crippen LogP contribution is -2.57. The van der Waals surface area contributed by atoms with Gasteiger partial charge in [0.1, 0.15) is 6.04 Å². The minimum absolute atomic E-state index is 0.135. The lowest BCUT2D eigenvalue weighted by Gasteiger charge is -2.43. The molecule has 0 aromatic heterocycles. The number of rotatable bonds is 6. The largest absolute Gasteiger partial charge is 0.465 e. The van der Waals surface area contributed by atoms with E-state index in [9.17, 15) is 4.79 Å². The van der Waals surface area contributed by atoms with Gasteiger partial charge in [0.05, 0.1) is 6.61 Å². The molecular weight excluding hydrogens is 266 g/mol. The van der Waals surface area contributed by atoms with E-state index in [-0.39, 0.29) is 23.6 Å². The summed E-state index contributed by atoms with van der Waals surface area (Å²) < 4.78 is 5.18. The Labute approximate surface area is 130 Å². The van der Waals surface area contributed by atoms with Crippen LogP contribution in [0.4, 0.5) is 0 Å². The van der Waals surface area contributed by atoms with E-state index >= 15 is 0 Å². The number of carbonyl (C=O) groups is 1. The van der Waals surface area contributed by atoms with Gasteiger partial charge in [0, 0.05) is 44.3 Å². The van der Waals surface area contributed by atoms with E-state index in [1.807, 2.05) is 6.92 Å². The number of piperazine rings is 1. The molecule has 0 radical (unpaired) electrons. The number of nitrogens with zero attached hydrogens (tertiary/aromatic N) is 2. The molecule has 1 atom stereocenters. The van der Waals surface area contributed by atoms with Gasteiger partial charge in [-0.15, -0.1) is 0 Å². The van der Waals surface area contributed by atoms with Crippen LogP contribution in [-0.4, -0.2) is 72.7 Å². The Balaban J connectivity index is 2.51. The van der Waals surface area contributed by atoms with Crippen LogP contribution in [0.3, 0.4) is 0 Å². The van der Waals surface area contributed by atoms with Gasteiger partial charge in [-0.05, 0) is 27.7 Å². The lowest BCUT2D eigenvalue weighted by atomic mass is 10.0. The molecule has 5 heteroatoms. The SMILES string of the molecule is CCOC(=O)C(CN1CCN(C(C)(C)C)CC1)NC(C)C. The molecule has 1 heterocycles. The Kier molecular flexibility index (Phi) is 7.10. The highest BCUT2D eigenvalue weighted by molar-refractivity contribution is 5.76. The van der Waals surface area contributed by atoms with E-state index in [0.29, 0.717) is 6.61 Å². The first-order valence-electron chi connectivity index (χ1n) is 8.14. The predicted octanol–water partition coefficient (Wildman–Crippen LogP) is 1.33. The van der Waals surface area contributed by atoms with Crippen LogP contribution in [0.15, 0.2) is 0 Å². The van der Waals surface area contributed by atoms with Crippen molar-refractivity contribution in [2.75, 3.05) is 39.3 Å². The number of nitrogens with one attached hydrogen (secondary N) is 1. The normalized spacial score (nSPS) is 19.8. The summed E-state index contributed by atoms with van der Waals surface area (Å²) in [5.74, 6) is -0.135. The molecule has 5 nitrogen and oxygen atoms in total. The van der Waals surface area contributed by atoms with Crippen LogP contribution in [-0.2, 0) is 9.53 Å². The van der Waals surface area contributed by atoms with Gasteiger partial charge >= 0.3 is 5.97 Å². The molecule has 1 rings (SSSR count). The van der Waals surface area contributed by atoms with Crippen molar-refractivity contribution < 1.29 is 9.53 Å². The molecule has 1 N–H and O–H groups in total. The Bertz CT molecular complexity index is 318. The topological polar surface area (TPSA) is 44.8 Å². The van der Waals surface area contributed by atoms with Crippen molar-refractivity contribution in [1.29, 1.82) is 0 Å². The molecule has 1 fully saturated rings. The van der Waals surface area contributed by atoms with Gasteiger partial charge < -0.3 is 10.1 Å². The summed E-state index contributed by atoms with van der Waals surface area (Å²) in [6, 6.07) is 0.0430. The molecule has 1 aliphatic rings. The van der Waals surface area contributed by atoms with E-state index in [1.54, 1.807) is 0 Å². The first kappa shape index (κ1) is 18.4. The maximum atomic E-state index is 12.1. The summed E-state index contributed by atoms with van der Waals surface area (Å²) in [6.07, 6.45) is 0. The fraction of sp³-hybridized carbons (Fsp3) is 0.938. The minimum Gasteiger partial charge on any atom is -0.465 e. The molecule has 0 aliphatic carbocycles. The first-order valence-corrected chi connectivity index (χ1v) is 8.14. The third-order valence-corrected chi connectivity index (χ3v) is 3.87. The van der Waals surface area contributed by atoms with Crippen LogP contribution in [0.25, 0.3) is 0 Å². The summed E-state index contributed by atoms with van der Waals surface area (Å²) in [4.78, 5) is 16.9. The molecule has 0 aromatic carbocycles. The number of carbonyl (C=O) groups excluding carboxylic acids is 1. The lowest BCUT2D eigenvalue weighted by molar-refractivity contribution is -0.146. The average molecular weight is 299 g/mol. The van der Waals surface area contributed by atoms with Crippen molar-refractivity contribution in [3.63, 3.8) is 0 Å². The van der Waals surface area contributed by atoms with Gasteiger partial charge in [-0.25, -0.2) is 0 Å². The predicted molar refractivity (Wildman–Crippen MR) is 86.5 cm³/mol. The summed E-state index contributed by atoms with van der Waals surface area (Å²) in [5, 5.41) is 3.32. The summed E-state index contributed by atoms with van der Waals surface area (Å²) in [5.41, 5.74) is 0.225. The Morgan fingerprint density at radius 2 is 1.76 bits per heavy atom. The number of hydrogen-bond acceptors (Lipinski definition) is 5. The monoisotopic (exact) mass is 299 g/mol. The van der Waals surface area contributed by atoms with Crippen LogP contribution in [0.5, 0.6) is 0 Å². The van der Waals surface area contributed by atoms with Crippen LogP contribution in [0, 0.1) is 0 Å². The molecule has 1 saturated heterocycles. The molecular formula is C16H33N3O2.